The van der Waals surface area contributed by atoms with Crippen LogP contribution in [0.3, 0.4) is 0 Å². The van der Waals surface area contributed by atoms with Crippen molar-refractivity contribution in [1.82, 2.24) is 5.32 Å². The molecule has 1 N–H and O–H groups in total. The average molecular weight is 344 g/mol. The Labute approximate surface area is 145 Å². The number of fused-ring (bicyclic) bond motifs is 1. The lowest BCUT2D eigenvalue weighted by molar-refractivity contribution is 0.0954. The van der Waals surface area contributed by atoms with E-state index in [1.165, 1.54) is 15.6 Å². The zero-order chi connectivity index (χ0) is 16.2. The summed E-state index contributed by atoms with van der Waals surface area (Å²) in [6, 6.07) is 15.8. The topological polar surface area (TPSA) is 29.1 Å². The summed E-state index contributed by atoms with van der Waals surface area (Å²) in [5.41, 5.74) is 2.21. The van der Waals surface area contributed by atoms with Gasteiger partial charge in [-0.05, 0) is 41.1 Å². The highest BCUT2D eigenvalue weighted by Gasteiger charge is 2.17. The number of hydrogen-bond acceptors (Lipinski definition) is 2. The molecule has 0 atom stereocenters. The quantitative estimate of drug-likeness (QED) is 0.656. The summed E-state index contributed by atoms with van der Waals surface area (Å²) in [6.07, 6.45) is 1.95. The van der Waals surface area contributed by atoms with Crippen molar-refractivity contribution in [3.63, 3.8) is 0 Å². The molecule has 0 aliphatic rings. The van der Waals surface area contributed by atoms with Crippen LogP contribution < -0.4 is 5.32 Å². The lowest BCUT2D eigenvalue weighted by Gasteiger charge is -2.06. The van der Waals surface area contributed by atoms with E-state index >= 15 is 0 Å². The number of nitrogens with one attached hydrogen (secondary N) is 1. The van der Waals surface area contributed by atoms with Crippen molar-refractivity contribution in [3.05, 3.63) is 69.6 Å². The summed E-state index contributed by atoms with van der Waals surface area (Å²) in [4.78, 5) is 13.5. The van der Waals surface area contributed by atoms with Crippen LogP contribution in [0.4, 0.5) is 0 Å². The molecular formula is C19H18ClNOS. The summed E-state index contributed by atoms with van der Waals surface area (Å²) >= 11 is 7.46. The predicted molar refractivity (Wildman–Crippen MR) is 98.4 cm³/mol. The molecule has 0 aliphatic heterocycles. The van der Waals surface area contributed by atoms with Crippen LogP contribution in [-0.2, 0) is 13.0 Å². The molecule has 0 fully saturated rings. The zero-order valence-corrected chi connectivity index (χ0v) is 14.5. The molecule has 1 aromatic heterocycles. The molecule has 0 radical (unpaired) electrons. The second-order valence-corrected chi connectivity index (χ2v) is 6.95. The first-order chi connectivity index (χ1) is 11.2. The van der Waals surface area contributed by atoms with Gasteiger partial charge >= 0.3 is 0 Å². The molecular weight excluding hydrogens is 326 g/mol. The Morgan fingerprint density at radius 1 is 1.13 bits per heavy atom. The van der Waals surface area contributed by atoms with E-state index in [1.54, 1.807) is 11.3 Å². The second kappa shape index (κ2) is 7.16. The van der Waals surface area contributed by atoms with Crippen LogP contribution >= 0.6 is 22.9 Å². The van der Waals surface area contributed by atoms with Gasteiger partial charge in [-0.3, -0.25) is 4.79 Å². The highest BCUT2D eigenvalue weighted by Crippen LogP contribution is 2.32. The zero-order valence-electron chi connectivity index (χ0n) is 12.9. The number of carbonyl (C=O) groups excluding carboxylic acids is 1. The lowest BCUT2D eigenvalue weighted by atomic mass is 10.1. The minimum Gasteiger partial charge on any atom is -0.347 e. The third kappa shape index (κ3) is 3.57. The maximum Gasteiger partial charge on any atom is 0.261 e. The van der Waals surface area contributed by atoms with Crippen molar-refractivity contribution in [3.8, 4) is 0 Å². The molecule has 2 nitrogen and oxygen atoms in total. The minimum atomic E-state index is 0.00426. The van der Waals surface area contributed by atoms with Crippen LogP contribution in [0.5, 0.6) is 0 Å². The van der Waals surface area contributed by atoms with Gasteiger partial charge in [-0.2, -0.15) is 0 Å². The molecule has 0 spiro atoms. The Balaban J connectivity index is 1.82. The van der Waals surface area contributed by atoms with Crippen LogP contribution in [0, 0.1) is 0 Å². The molecule has 1 heterocycles. The Kier molecular flexibility index (Phi) is 4.99. The Morgan fingerprint density at radius 2 is 1.87 bits per heavy atom. The van der Waals surface area contributed by atoms with Gasteiger partial charge < -0.3 is 5.32 Å². The molecule has 118 valence electrons. The van der Waals surface area contributed by atoms with Gasteiger partial charge in [0.15, 0.2) is 0 Å². The van der Waals surface area contributed by atoms with Gasteiger partial charge in [-0.1, -0.05) is 55.3 Å². The van der Waals surface area contributed by atoms with Crippen molar-refractivity contribution in [2.24, 2.45) is 0 Å². The standard InChI is InChI=1S/C19H18ClNOS/c1-2-5-16-15-6-3-4-7-17(15)23-18(16)19(22)21-12-13-8-10-14(20)11-9-13/h3-4,6-11H,2,5,12H2,1H3,(H,21,22). The van der Waals surface area contributed by atoms with Gasteiger partial charge in [0.05, 0.1) is 4.88 Å². The number of hydrogen-bond donors (Lipinski definition) is 1. The van der Waals surface area contributed by atoms with E-state index < -0.39 is 0 Å². The van der Waals surface area contributed by atoms with Crippen LogP contribution in [-0.4, -0.2) is 5.91 Å². The SMILES string of the molecule is CCCc1c(C(=O)NCc2ccc(Cl)cc2)sc2ccccc12. The van der Waals surface area contributed by atoms with Crippen molar-refractivity contribution in [2.45, 2.75) is 26.3 Å². The highest BCUT2D eigenvalue weighted by atomic mass is 35.5. The Hall–Kier alpha value is -1.84. The summed E-state index contributed by atoms with van der Waals surface area (Å²) in [6.45, 7) is 2.65. The molecule has 3 rings (SSSR count). The molecule has 4 heteroatoms. The first kappa shape index (κ1) is 16.0. The van der Waals surface area contributed by atoms with Crippen molar-refractivity contribution < 1.29 is 4.79 Å². The van der Waals surface area contributed by atoms with Crippen molar-refractivity contribution in [2.75, 3.05) is 0 Å². The van der Waals surface area contributed by atoms with Crippen molar-refractivity contribution in [1.29, 1.82) is 0 Å². The molecule has 1 amide bonds. The monoisotopic (exact) mass is 343 g/mol. The largest absolute Gasteiger partial charge is 0.347 e. The third-order valence-corrected chi connectivity index (χ3v) is 5.23. The molecule has 0 unspecified atom stereocenters. The number of carbonyl (C=O) groups is 1. The van der Waals surface area contributed by atoms with E-state index in [2.05, 4.69) is 24.4 Å². The van der Waals surface area contributed by atoms with Gasteiger partial charge in [-0.25, -0.2) is 0 Å². The van der Waals surface area contributed by atoms with Crippen molar-refractivity contribution >= 4 is 38.9 Å². The summed E-state index contributed by atoms with van der Waals surface area (Å²) in [7, 11) is 0. The minimum absolute atomic E-state index is 0.00426. The number of halogens is 1. The smallest absolute Gasteiger partial charge is 0.261 e. The van der Waals surface area contributed by atoms with E-state index in [0.29, 0.717) is 11.6 Å². The first-order valence-corrected chi connectivity index (χ1v) is 8.91. The predicted octanol–water partition coefficient (Wildman–Crippen LogP) is 5.44. The molecule has 0 aliphatic carbocycles. The fraction of sp³-hybridized carbons (Fsp3) is 0.211. The maximum absolute atomic E-state index is 12.6. The Bertz CT molecular complexity index is 823. The molecule has 0 bridgehead atoms. The van der Waals surface area contributed by atoms with Crippen LogP contribution in [0.15, 0.2) is 48.5 Å². The van der Waals surface area contributed by atoms with E-state index in [4.69, 9.17) is 11.6 Å². The van der Waals surface area contributed by atoms with E-state index in [-0.39, 0.29) is 5.91 Å². The molecule has 23 heavy (non-hydrogen) atoms. The van der Waals surface area contributed by atoms with Crippen LogP contribution in [0.2, 0.25) is 5.02 Å². The average Bonchev–Trinajstić information content (AvgIpc) is 2.93. The molecule has 0 saturated carbocycles. The number of amides is 1. The highest BCUT2D eigenvalue weighted by molar-refractivity contribution is 7.21. The third-order valence-electron chi connectivity index (χ3n) is 3.77. The molecule has 3 aromatic rings. The summed E-state index contributed by atoms with van der Waals surface area (Å²) in [5, 5.41) is 4.93. The van der Waals surface area contributed by atoms with Gasteiger partial charge in [0.1, 0.15) is 0 Å². The van der Waals surface area contributed by atoms with Gasteiger partial charge in [-0.15, -0.1) is 11.3 Å². The van der Waals surface area contributed by atoms with Gasteiger partial charge in [0.2, 0.25) is 0 Å². The number of thiophene rings is 1. The van der Waals surface area contributed by atoms with E-state index in [0.717, 1.165) is 23.3 Å². The van der Waals surface area contributed by atoms with Gasteiger partial charge in [0.25, 0.3) is 5.91 Å². The summed E-state index contributed by atoms with van der Waals surface area (Å²) < 4.78 is 1.17. The van der Waals surface area contributed by atoms with E-state index in [9.17, 15) is 4.79 Å². The molecule has 0 saturated heterocycles. The van der Waals surface area contributed by atoms with Gasteiger partial charge in [0, 0.05) is 16.3 Å². The van der Waals surface area contributed by atoms with Crippen LogP contribution in [0.25, 0.3) is 10.1 Å². The van der Waals surface area contributed by atoms with Crippen LogP contribution in [0.1, 0.15) is 34.1 Å². The maximum atomic E-state index is 12.6. The normalized spacial score (nSPS) is 10.9. The fourth-order valence-corrected chi connectivity index (χ4v) is 3.94. The number of benzene rings is 2. The fourth-order valence-electron chi connectivity index (χ4n) is 2.65. The second-order valence-electron chi connectivity index (χ2n) is 5.47. The Morgan fingerprint density at radius 3 is 2.61 bits per heavy atom. The number of aryl methyl sites for hydroxylation is 1. The molecule has 2 aromatic carbocycles. The summed E-state index contributed by atoms with van der Waals surface area (Å²) in [5.74, 6) is 0.00426. The first-order valence-electron chi connectivity index (χ1n) is 7.72. The van der Waals surface area contributed by atoms with E-state index in [1.807, 2.05) is 36.4 Å². The lowest BCUT2D eigenvalue weighted by Crippen LogP contribution is -2.22. The number of rotatable bonds is 5.